The summed E-state index contributed by atoms with van der Waals surface area (Å²) in [4.78, 5) is 12.6. The van der Waals surface area contributed by atoms with E-state index in [0.29, 0.717) is 11.3 Å². The normalized spacial score (nSPS) is 12.4. The van der Waals surface area contributed by atoms with Crippen LogP contribution >= 0.6 is 0 Å². The van der Waals surface area contributed by atoms with Crippen molar-refractivity contribution in [3.05, 3.63) is 102 Å². The van der Waals surface area contributed by atoms with Crippen LogP contribution in [0.3, 0.4) is 0 Å². The van der Waals surface area contributed by atoms with Gasteiger partial charge in [0.05, 0.1) is 11.6 Å². The zero-order valence-corrected chi connectivity index (χ0v) is 14.4. The van der Waals surface area contributed by atoms with Gasteiger partial charge in [-0.2, -0.15) is 13.2 Å². The lowest BCUT2D eigenvalue weighted by Crippen LogP contribution is -2.16. The molecule has 2 nitrogen and oxygen atoms in total. The van der Waals surface area contributed by atoms with Gasteiger partial charge in [-0.25, -0.2) is 0 Å². The van der Waals surface area contributed by atoms with Crippen LogP contribution in [-0.4, -0.2) is 5.78 Å². The summed E-state index contributed by atoms with van der Waals surface area (Å²) in [6.45, 7) is 0. The topological polar surface area (TPSA) is 29.1 Å². The molecule has 5 heteroatoms. The van der Waals surface area contributed by atoms with Crippen molar-refractivity contribution in [2.75, 3.05) is 5.32 Å². The number of ketones is 1. The molecule has 138 valence electrons. The van der Waals surface area contributed by atoms with Gasteiger partial charge in [0.15, 0.2) is 5.78 Å². The van der Waals surface area contributed by atoms with Crippen LogP contribution < -0.4 is 5.32 Å². The van der Waals surface area contributed by atoms with E-state index in [1.165, 1.54) is 12.1 Å². The molecule has 27 heavy (non-hydrogen) atoms. The summed E-state index contributed by atoms with van der Waals surface area (Å²) in [7, 11) is 0. The summed E-state index contributed by atoms with van der Waals surface area (Å²) >= 11 is 0. The number of halogens is 3. The summed E-state index contributed by atoms with van der Waals surface area (Å²) in [5.41, 5.74) is 1.32. The highest BCUT2D eigenvalue weighted by molar-refractivity contribution is 5.96. The zero-order chi connectivity index (χ0) is 19.3. The monoisotopic (exact) mass is 369 g/mol. The van der Waals surface area contributed by atoms with Crippen molar-refractivity contribution in [3.8, 4) is 0 Å². The lowest BCUT2D eigenvalue weighted by Gasteiger charge is -2.20. The molecule has 0 bridgehead atoms. The van der Waals surface area contributed by atoms with Gasteiger partial charge >= 0.3 is 6.18 Å². The molecule has 0 heterocycles. The van der Waals surface area contributed by atoms with Crippen molar-refractivity contribution in [2.45, 2.75) is 18.6 Å². The number of rotatable bonds is 6. The van der Waals surface area contributed by atoms with Gasteiger partial charge in [0.2, 0.25) is 0 Å². The third-order valence-corrected chi connectivity index (χ3v) is 4.24. The van der Waals surface area contributed by atoms with Crippen LogP contribution in [0.25, 0.3) is 0 Å². The predicted octanol–water partition coefficient (Wildman–Crippen LogP) is 6.13. The Morgan fingerprint density at radius 1 is 0.815 bits per heavy atom. The molecule has 3 aromatic rings. The van der Waals surface area contributed by atoms with E-state index in [0.717, 1.165) is 17.7 Å². The van der Waals surface area contributed by atoms with E-state index in [4.69, 9.17) is 0 Å². The fourth-order valence-electron chi connectivity index (χ4n) is 2.82. The molecule has 0 unspecified atom stereocenters. The van der Waals surface area contributed by atoms with E-state index < -0.39 is 11.7 Å². The maximum Gasteiger partial charge on any atom is 0.416 e. The molecule has 1 N–H and O–H groups in total. The summed E-state index contributed by atoms with van der Waals surface area (Å²) < 4.78 is 38.2. The summed E-state index contributed by atoms with van der Waals surface area (Å²) in [6.07, 6.45) is -4.18. The number of hydrogen-bond donors (Lipinski definition) is 1. The third-order valence-electron chi connectivity index (χ3n) is 4.24. The van der Waals surface area contributed by atoms with Crippen LogP contribution in [-0.2, 0) is 6.18 Å². The summed E-state index contributed by atoms with van der Waals surface area (Å²) in [5, 5.41) is 3.19. The lowest BCUT2D eigenvalue weighted by atomic mass is 9.97. The SMILES string of the molecule is O=C(C[C@@H](Nc1ccc(C(F)(F)F)cc1)c1ccccc1)c1ccccc1. The van der Waals surface area contributed by atoms with Crippen LogP contribution in [0.2, 0.25) is 0 Å². The highest BCUT2D eigenvalue weighted by atomic mass is 19.4. The van der Waals surface area contributed by atoms with E-state index in [1.54, 1.807) is 24.3 Å². The van der Waals surface area contributed by atoms with Crippen molar-refractivity contribution in [1.29, 1.82) is 0 Å². The molecule has 0 fully saturated rings. The average molecular weight is 369 g/mol. The number of benzene rings is 3. The third kappa shape index (κ3) is 4.97. The molecule has 0 aromatic heterocycles. The Morgan fingerprint density at radius 3 is 1.93 bits per heavy atom. The maximum atomic E-state index is 12.7. The van der Waals surface area contributed by atoms with Gasteiger partial charge < -0.3 is 5.32 Å². The number of carbonyl (C=O) groups is 1. The van der Waals surface area contributed by atoms with Crippen molar-refractivity contribution in [3.63, 3.8) is 0 Å². The summed E-state index contributed by atoms with van der Waals surface area (Å²) in [6, 6.07) is 22.8. The Balaban J connectivity index is 1.81. The number of nitrogens with one attached hydrogen (secondary N) is 1. The number of alkyl halides is 3. The van der Waals surface area contributed by atoms with E-state index in [1.807, 2.05) is 36.4 Å². The van der Waals surface area contributed by atoms with E-state index >= 15 is 0 Å². The number of carbonyl (C=O) groups excluding carboxylic acids is 1. The molecule has 0 spiro atoms. The van der Waals surface area contributed by atoms with Crippen molar-refractivity contribution in [1.82, 2.24) is 0 Å². The molecule has 0 aliphatic carbocycles. The first-order chi connectivity index (χ1) is 12.9. The van der Waals surface area contributed by atoms with E-state index in [9.17, 15) is 18.0 Å². The van der Waals surface area contributed by atoms with Crippen LogP contribution in [0.1, 0.15) is 33.9 Å². The Kier molecular flexibility index (Phi) is 5.60. The Bertz CT molecular complexity index is 875. The van der Waals surface area contributed by atoms with Gasteiger partial charge in [0.25, 0.3) is 0 Å². The molecular weight excluding hydrogens is 351 g/mol. The Morgan fingerprint density at radius 2 is 1.37 bits per heavy atom. The Hall–Kier alpha value is -3.08. The van der Waals surface area contributed by atoms with Crippen molar-refractivity contribution >= 4 is 11.5 Å². The smallest absolute Gasteiger partial charge is 0.378 e. The zero-order valence-electron chi connectivity index (χ0n) is 14.4. The van der Waals surface area contributed by atoms with Crippen molar-refractivity contribution < 1.29 is 18.0 Å². The second-order valence-corrected chi connectivity index (χ2v) is 6.18. The van der Waals surface area contributed by atoms with Gasteiger partial charge in [-0.05, 0) is 29.8 Å². The molecule has 0 saturated heterocycles. The quantitative estimate of drug-likeness (QED) is 0.530. The fraction of sp³-hybridized carbons (Fsp3) is 0.136. The number of anilines is 1. The molecule has 0 saturated carbocycles. The first-order valence-electron chi connectivity index (χ1n) is 8.50. The predicted molar refractivity (Wildman–Crippen MR) is 99.6 cm³/mol. The maximum absolute atomic E-state index is 12.7. The molecule has 3 aromatic carbocycles. The van der Waals surface area contributed by atoms with Crippen LogP contribution in [0.5, 0.6) is 0 Å². The first kappa shape index (κ1) is 18.7. The average Bonchev–Trinajstić information content (AvgIpc) is 2.68. The summed E-state index contributed by atoms with van der Waals surface area (Å²) in [5.74, 6) is -0.0381. The minimum atomic E-state index is -4.37. The van der Waals surface area contributed by atoms with Gasteiger partial charge in [-0.3, -0.25) is 4.79 Å². The van der Waals surface area contributed by atoms with Gasteiger partial charge in [0, 0.05) is 17.7 Å². The highest BCUT2D eigenvalue weighted by Crippen LogP contribution is 2.31. The molecule has 0 aliphatic rings. The Labute approximate surface area is 155 Å². The fourth-order valence-corrected chi connectivity index (χ4v) is 2.82. The van der Waals surface area contributed by atoms with Crippen LogP contribution in [0.4, 0.5) is 18.9 Å². The molecule has 0 aliphatic heterocycles. The molecule has 1 atom stereocenters. The molecule has 3 rings (SSSR count). The number of Topliss-reactive ketones (excluding diaryl/α,β-unsaturated/α-hetero) is 1. The second kappa shape index (κ2) is 8.08. The van der Waals surface area contributed by atoms with Crippen LogP contribution in [0, 0.1) is 0 Å². The minimum Gasteiger partial charge on any atom is -0.378 e. The van der Waals surface area contributed by atoms with Gasteiger partial charge in [-0.15, -0.1) is 0 Å². The molecule has 0 radical (unpaired) electrons. The minimum absolute atomic E-state index is 0.0381. The molecular formula is C22H18F3NO. The lowest BCUT2D eigenvalue weighted by molar-refractivity contribution is -0.137. The van der Waals surface area contributed by atoms with E-state index in [2.05, 4.69) is 5.32 Å². The highest BCUT2D eigenvalue weighted by Gasteiger charge is 2.30. The first-order valence-corrected chi connectivity index (χ1v) is 8.50. The van der Waals surface area contributed by atoms with E-state index in [-0.39, 0.29) is 18.2 Å². The van der Waals surface area contributed by atoms with Gasteiger partial charge in [-0.1, -0.05) is 60.7 Å². The number of hydrogen-bond acceptors (Lipinski definition) is 2. The van der Waals surface area contributed by atoms with Crippen LogP contribution in [0.15, 0.2) is 84.9 Å². The second-order valence-electron chi connectivity index (χ2n) is 6.18. The van der Waals surface area contributed by atoms with Crippen molar-refractivity contribution in [2.24, 2.45) is 0 Å². The van der Waals surface area contributed by atoms with Gasteiger partial charge in [0.1, 0.15) is 0 Å². The largest absolute Gasteiger partial charge is 0.416 e. The molecule has 0 amide bonds. The standard InChI is InChI=1S/C22H18F3NO/c23-22(24,25)18-11-13-19(14-12-18)26-20(16-7-3-1-4-8-16)15-21(27)17-9-5-2-6-10-17/h1-14,20,26H,15H2/t20-/m1/s1.